The SMILES string of the molecule is COCCN(CC(C)C)C(=O)c1cnc(C)cc1N. The van der Waals surface area contributed by atoms with E-state index in [4.69, 9.17) is 10.5 Å². The van der Waals surface area contributed by atoms with Crippen LogP contribution in [0, 0.1) is 12.8 Å². The Labute approximate surface area is 114 Å². The summed E-state index contributed by atoms with van der Waals surface area (Å²) in [4.78, 5) is 18.4. The number of nitrogens with zero attached hydrogens (tertiary/aromatic N) is 2. The first kappa shape index (κ1) is 15.4. The van der Waals surface area contributed by atoms with Crippen molar-refractivity contribution >= 4 is 11.6 Å². The predicted molar refractivity (Wildman–Crippen MR) is 76.0 cm³/mol. The highest BCUT2D eigenvalue weighted by molar-refractivity contribution is 5.98. The van der Waals surface area contributed by atoms with Crippen molar-refractivity contribution in [2.75, 3.05) is 32.5 Å². The van der Waals surface area contributed by atoms with E-state index in [9.17, 15) is 4.79 Å². The zero-order valence-corrected chi connectivity index (χ0v) is 12.1. The average molecular weight is 265 g/mol. The molecule has 0 aliphatic heterocycles. The van der Waals surface area contributed by atoms with Gasteiger partial charge in [-0.15, -0.1) is 0 Å². The first-order valence-electron chi connectivity index (χ1n) is 6.46. The van der Waals surface area contributed by atoms with E-state index < -0.39 is 0 Å². The molecular weight excluding hydrogens is 242 g/mol. The van der Waals surface area contributed by atoms with Gasteiger partial charge in [0.1, 0.15) is 0 Å². The number of ether oxygens (including phenoxy) is 1. The van der Waals surface area contributed by atoms with Crippen molar-refractivity contribution in [3.63, 3.8) is 0 Å². The Morgan fingerprint density at radius 2 is 2.21 bits per heavy atom. The fourth-order valence-corrected chi connectivity index (χ4v) is 1.85. The third kappa shape index (κ3) is 4.52. The van der Waals surface area contributed by atoms with Gasteiger partial charge in [0.15, 0.2) is 0 Å². The van der Waals surface area contributed by atoms with Gasteiger partial charge in [0.25, 0.3) is 5.91 Å². The van der Waals surface area contributed by atoms with E-state index in [0.717, 1.165) is 5.69 Å². The summed E-state index contributed by atoms with van der Waals surface area (Å²) in [5, 5.41) is 0. The molecule has 106 valence electrons. The molecule has 5 heteroatoms. The summed E-state index contributed by atoms with van der Waals surface area (Å²) >= 11 is 0. The van der Waals surface area contributed by atoms with E-state index >= 15 is 0 Å². The van der Waals surface area contributed by atoms with Crippen LogP contribution in [0.5, 0.6) is 0 Å². The Kier molecular flexibility index (Phi) is 5.76. The van der Waals surface area contributed by atoms with Gasteiger partial charge in [0.05, 0.1) is 12.2 Å². The highest BCUT2D eigenvalue weighted by Crippen LogP contribution is 2.15. The zero-order chi connectivity index (χ0) is 14.4. The number of rotatable bonds is 6. The number of anilines is 1. The molecule has 5 nitrogen and oxygen atoms in total. The number of carbonyl (C=O) groups is 1. The molecule has 19 heavy (non-hydrogen) atoms. The predicted octanol–water partition coefficient (Wildman–Crippen LogP) is 1.72. The monoisotopic (exact) mass is 265 g/mol. The van der Waals surface area contributed by atoms with E-state index in [2.05, 4.69) is 18.8 Å². The number of carbonyl (C=O) groups excluding carboxylic acids is 1. The second kappa shape index (κ2) is 7.09. The Bertz CT molecular complexity index is 433. The molecule has 0 aromatic carbocycles. The second-order valence-electron chi connectivity index (χ2n) is 5.05. The van der Waals surface area contributed by atoms with Crippen molar-refractivity contribution in [1.29, 1.82) is 0 Å². The standard InChI is InChI=1S/C14H23N3O2/c1-10(2)9-17(5-6-19-4)14(18)12-8-16-11(3)7-13(12)15/h7-8,10H,5-6,9H2,1-4H3,(H2,15,16). The highest BCUT2D eigenvalue weighted by atomic mass is 16.5. The van der Waals surface area contributed by atoms with Gasteiger partial charge in [-0.2, -0.15) is 0 Å². The molecule has 0 aliphatic rings. The van der Waals surface area contributed by atoms with Crippen LogP contribution in [-0.2, 0) is 4.74 Å². The molecular formula is C14H23N3O2. The van der Waals surface area contributed by atoms with Gasteiger partial charge in [-0.3, -0.25) is 9.78 Å². The van der Waals surface area contributed by atoms with E-state index in [1.165, 1.54) is 0 Å². The molecule has 0 aliphatic carbocycles. The summed E-state index contributed by atoms with van der Waals surface area (Å²) in [5.74, 6) is 0.302. The van der Waals surface area contributed by atoms with Gasteiger partial charge < -0.3 is 15.4 Å². The Balaban J connectivity index is 2.90. The van der Waals surface area contributed by atoms with Gasteiger partial charge in [-0.05, 0) is 18.9 Å². The minimum Gasteiger partial charge on any atom is -0.398 e. The molecule has 2 N–H and O–H groups in total. The number of hydrogen-bond donors (Lipinski definition) is 1. The number of hydrogen-bond acceptors (Lipinski definition) is 4. The number of pyridine rings is 1. The number of amides is 1. The maximum absolute atomic E-state index is 12.5. The molecule has 0 atom stereocenters. The molecule has 1 heterocycles. The quantitative estimate of drug-likeness (QED) is 0.850. The van der Waals surface area contributed by atoms with E-state index in [1.807, 2.05) is 6.92 Å². The Hall–Kier alpha value is -1.62. The molecule has 0 fully saturated rings. The van der Waals surface area contributed by atoms with Crippen LogP contribution in [0.4, 0.5) is 5.69 Å². The van der Waals surface area contributed by atoms with E-state index in [0.29, 0.717) is 36.9 Å². The topological polar surface area (TPSA) is 68.5 Å². The van der Waals surface area contributed by atoms with Crippen LogP contribution in [0.15, 0.2) is 12.3 Å². The molecule has 0 saturated heterocycles. The van der Waals surface area contributed by atoms with Crippen molar-refractivity contribution in [1.82, 2.24) is 9.88 Å². The van der Waals surface area contributed by atoms with Gasteiger partial charge in [0, 0.05) is 37.8 Å². The maximum atomic E-state index is 12.5. The molecule has 1 rings (SSSR count). The third-order valence-corrected chi connectivity index (χ3v) is 2.74. The average Bonchev–Trinajstić information content (AvgIpc) is 2.33. The maximum Gasteiger partial charge on any atom is 0.257 e. The van der Waals surface area contributed by atoms with Crippen LogP contribution in [0.2, 0.25) is 0 Å². The largest absolute Gasteiger partial charge is 0.398 e. The lowest BCUT2D eigenvalue weighted by molar-refractivity contribution is 0.0673. The fourth-order valence-electron chi connectivity index (χ4n) is 1.85. The minimum absolute atomic E-state index is 0.0873. The smallest absolute Gasteiger partial charge is 0.257 e. The normalized spacial score (nSPS) is 10.8. The number of nitrogen functional groups attached to an aromatic ring is 1. The van der Waals surface area contributed by atoms with Gasteiger partial charge in [-0.1, -0.05) is 13.8 Å². The van der Waals surface area contributed by atoms with Gasteiger partial charge in [0.2, 0.25) is 0 Å². The van der Waals surface area contributed by atoms with Gasteiger partial charge >= 0.3 is 0 Å². The molecule has 1 aromatic heterocycles. The van der Waals surface area contributed by atoms with Gasteiger partial charge in [-0.25, -0.2) is 0 Å². The fraction of sp³-hybridized carbons (Fsp3) is 0.571. The zero-order valence-electron chi connectivity index (χ0n) is 12.1. The van der Waals surface area contributed by atoms with Crippen LogP contribution in [-0.4, -0.2) is 42.6 Å². The lowest BCUT2D eigenvalue weighted by Gasteiger charge is -2.24. The van der Waals surface area contributed by atoms with Crippen LogP contribution >= 0.6 is 0 Å². The molecule has 0 spiro atoms. The first-order chi connectivity index (χ1) is 8.95. The summed E-state index contributed by atoms with van der Waals surface area (Å²) in [6, 6.07) is 1.72. The van der Waals surface area contributed by atoms with Crippen molar-refractivity contribution in [3.8, 4) is 0 Å². The summed E-state index contributed by atoms with van der Waals surface area (Å²) in [5.41, 5.74) is 7.64. The number of methoxy groups -OCH3 is 1. The Morgan fingerprint density at radius 3 is 2.74 bits per heavy atom. The molecule has 0 saturated carbocycles. The molecule has 0 bridgehead atoms. The lowest BCUT2D eigenvalue weighted by atomic mass is 10.1. The summed E-state index contributed by atoms with van der Waals surface area (Å²) in [6.45, 7) is 7.74. The molecule has 1 aromatic rings. The summed E-state index contributed by atoms with van der Waals surface area (Å²) in [7, 11) is 1.62. The second-order valence-corrected chi connectivity index (χ2v) is 5.05. The molecule has 1 amide bonds. The molecule has 0 unspecified atom stereocenters. The van der Waals surface area contributed by atoms with E-state index in [-0.39, 0.29) is 5.91 Å². The van der Waals surface area contributed by atoms with Crippen molar-refractivity contribution in [3.05, 3.63) is 23.5 Å². The van der Waals surface area contributed by atoms with E-state index in [1.54, 1.807) is 24.3 Å². The third-order valence-electron chi connectivity index (χ3n) is 2.74. The van der Waals surface area contributed by atoms with Crippen LogP contribution in [0.1, 0.15) is 29.9 Å². The Morgan fingerprint density at radius 1 is 1.53 bits per heavy atom. The molecule has 0 radical (unpaired) electrons. The number of aryl methyl sites for hydroxylation is 1. The number of aromatic nitrogens is 1. The number of nitrogens with two attached hydrogens (primary N) is 1. The van der Waals surface area contributed by atoms with Crippen molar-refractivity contribution in [2.45, 2.75) is 20.8 Å². The first-order valence-corrected chi connectivity index (χ1v) is 6.46. The van der Waals surface area contributed by atoms with Crippen LogP contribution in [0.3, 0.4) is 0 Å². The van der Waals surface area contributed by atoms with Crippen LogP contribution in [0.25, 0.3) is 0 Å². The summed E-state index contributed by atoms with van der Waals surface area (Å²) in [6.07, 6.45) is 1.55. The summed E-state index contributed by atoms with van der Waals surface area (Å²) < 4.78 is 5.05. The van der Waals surface area contributed by atoms with Crippen molar-refractivity contribution in [2.24, 2.45) is 5.92 Å². The highest BCUT2D eigenvalue weighted by Gasteiger charge is 2.19. The van der Waals surface area contributed by atoms with Crippen LogP contribution < -0.4 is 5.73 Å². The lowest BCUT2D eigenvalue weighted by Crippen LogP contribution is -2.37. The minimum atomic E-state index is -0.0873. The van der Waals surface area contributed by atoms with Crippen molar-refractivity contribution < 1.29 is 9.53 Å².